The first-order chi connectivity index (χ1) is 14.2. The Kier molecular flexibility index (Phi) is 6.82. The van der Waals surface area contributed by atoms with Gasteiger partial charge < -0.3 is 19.9 Å². The SMILES string of the molecule is O=C(Cc1ccccc1)NC[C@H]1CN(CC2CCN(CC3CC3)CC2)C(=O)CO1. The van der Waals surface area contributed by atoms with Crippen molar-refractivity contribution in [2.24, 2.45) is 11.8 Å². The molecular formula is C23H33N3O3. The van der Waals surface area contributed by atoms with E-state index in [0.29, 0.717) is 25.4 Å². The molecule has 0 spiro atoms. The van der Waals surface area contributed by atoms with E-state index < -0.39 is 0 Å². The number of morpholine rings is 1. The van der Waals surface area contributed by atoms with E-state index >= 15 is 0 Å². The first kappa shape index (κ1) is 20.4. The topological polar surface area (TPSA) is 61.9 Å². The Labute approximate surface area is 173 Å². The molecule has 2 aliphatic heterocycles. The average Bonchev–Trinajstić information content (AvgIpc) is 3.55. The van der Waals surface area contributed by atoms with Gasteiger partial charge in [0.25, 0.3) is 0 Å². The van der Waals surface area contributed by atoms with Gasteiger partial charge in [-0.15, -0.1) is 0 Å². The van der Waals surface area contributed by atoms with Crippen molar-refractivity contribution in [3.8, 4) is 0 Å². The summed E-state index contributed by atoms with van der Waals surface area (Å²) in [6.45, 7) is 5.58. The summed E-state index contributed by atoms with van der Waals surface area (Å²) < 4.78 is 5.66. The van der Waals surface area contributed by atoms with Crippen molar-refractivity contribution < 1.29 is 14.3 Å². The van der Waals surface area contributed by atoms with Gasteiger partial charge in [-0.25, -0.2) is 0 Å². The summed E-state index contributed by atoms with van der Waals surface area (Å²) in [6.07, 6.45) is 5.42. The minimum Gasteiger partial charge on any atom is -0.365 e. The van der Waals surface area contributed by atoms with E-state index in [1.807, 2.05) is 35.2 Å². The number of hydrogen-bond donors (Lipinski definition) is 1. The number of carbonyl (C=O) groups excluding carboxylic acids is 2. The molecule has 29 heavy (non-hydrogen) atoms. The largest absolute Gasteiger partial charge is 0.365 e. The number of nitrogens with one attached hydrogen (secondary N) is 1. The third-order valence-electron chi connectivity index (χ3n) is 6.35. The average molecular weight is 400 g/mol. The molecule has 0 aromatic heterocycles. The van der Waals surface area contributed by atoms with Crippen LogP contribution in [0, 0.1) is 11.8 Å². The molecule has 1 aliphatic carbocycles. The maximum absolute atomic E-state index is 12.3. The van der Waals surface area contributed by atoms with Crippen LogP contribution < -0.4 is 5.32 Å². The zero-order valence-corrected chi connectivity index (χ0v) is 17.2. The molecule has 1 N–H and O–H groups in total. The number of carbonyl (C=O) groups is 2. The Morgan fingerprint density at radius 3 is 2.48 bits per heavy atom. The van der Waals surface area contributed by atoms with E-state index in [1.165, 1.54) is 45.3 Å². The lowest BCUT2D eigenvalue weighted by Gasteiger charge is -2.38. The molecule has 1 atom stereocenters. The Balaban J connectivity index is 1.18. The monoisotopic (exact) mass is 399 g/mol. The van der Waals surface area contributed by atoms with Gasteiger partial charge in [0.2, 0.25) is 11.8 Å². The fourth-order valence-electron chi connectivity index (χ4n) is 4.38. The lowest BCUT2D eigenvalue weighted by atomic mass is 9.95. The fourth-order valence-corrected chi connectivity index (χ4v) is 4.38. The highest BCUT2D eigenvalue weighted by atomic mass is 16.5. The second-order valence-electron chi connectivity index (χ2n) is 8.89. The van der Waals surface area contributed by atoms with E-state index in [2.05, 4.69) is 10.2 Å². The number of likely N-dealkylation sites (tertiary alicyclic amines) is 1. The van der Waals surface area contributed by atoms with Gasteiger partial charge in [-0.2, -0.15) is 0 Å². The number of hydrogen-bond acceptors (Lipinski definition) is 4. The zero-order valence-electron chi connectivity index (χ0n) is 17.2. The molecule has 2 amide bonds. The first-order valence-corrected chi connectivity index (χ1v) is 11.1. The maximum atomic E-state index is 12.3. The highest BCUT2D eigenvalue weighted by Crippen LogP contribution is 2.31. The molecule has 0 radical (unpaired) electrons. The van der Waals surface area contributed by atoms with Gasteiger partial charge in [-0.05, 0) is 56.2 Å². The smallest absolute Gasteiger partial charge is 0.248 e. The summed E-state index contributed by atoms with van der Waals surface area (Å²) in [7, 11) is 0. The molecule has 2 heterocycles. The molecule has 158 valence electrons. The second kappa shape index (κ2) is 9.72. The highest BCUT2D eigenvalue weighted by molar-refractivity contribution is 5.79. The van der Waals surface area contributed by atoms with E-state index in [-0.39, 0.29) is 24.5 Å². The normalized spacial score (nSPS) is 23.9. The van der Waals surface area contributed by atoms with Crippen molar-refractivity contribution in [2.75, 3.05) is 45.9 Å². The number of piperidine rings is 1. The summed E-state index contributed by atoms with van der Waals surface area (Å²) in [4.78, 5) is 29.0. The van der Waals surface area contributed by atoms with Crippen molar-refractivity contribution in [1.29, 1.82) is 0 Å². The van der Waals surface area contributed by atoms with Crippen LogP contribution in [-0.2, 0) is 20.7 Å². The van der Waals surface area contributed by atoms with E-state index in [0.717, 1.165) is 18.0 Å². The number of benzene rings is 1. The van der Waals surface area contributed by atoms with Gasteiger partial charge in [0.05, 0.1) is 12.5 Å². The van der Waals surface area contributed by atoms with Crippen LogP contribution >= 0.6 is 0 Å². The molecule has 3 fully saturated rings. The number of amides is 2. The number of rotatable bonds is 8. The van der Waals surface area contributed by atoms with Crippen LogP contribution in [0.25, 0.3) is 0 Å². The van der Waals surface area contributed by atoms with Crippen molar-refractivity contribution in [2.45, 2.75) is 38.2 Å². The molecule has 3 aliphatic rings. The van der Waals surface area contributed by atoms with Gasteiger partial charge in [-0.3, -0.25) is 9.59 Å². The summed E-state index contributed by atoms with van der Waals surface area (Å²) in [6, 6.07) is 9.72. The van der Waals surface area contributed by atoms with Gasteiger partial charge in [0.1, 0.15) is 6.61 Å². The van der Waals surface area contributed by atoms with Crippen LogP contribution in [0.1, 0.15) is 31.2 Å². The number of nitrogens with zero attached hydrogens (tertiary/aromatic N) is 2. The molecule has 1 aromatic rings. The van der Waals surface area contributed by atoms with E-state index in [9.17, 15) is 9.59 Å². The molecule has 0 bridgehead atoms. The van der Waals surface area contributed by atoms with Gasteiger partial charge >= 0.3 is 0 Å². The lowest BCUT2D eigenvalue weighted by Crippen LogP contribution is -2.52. The van der Waals surface area contributed by atoms with Crippen molar-refractivity contribution in [1.82, 2.24) is 15.1 Å². The summed E-state index contributed by atoms with van der Waals surface area (Å²) in [5.41, 5.74) is 0.999. The summed E-state index contributed by atoms with van der Waals surface area (Å²) >= 11 is 0. The Bertz CT molecular complexity index is 684. The minimum atomic E-state index is -0.123. The molecular weight excluding hydrogens is 366 g/mol. The van der Waals surface area contributed by atoms with Crippen molar-refractivity contribution in [3.05, 3.63) is 35.9 Å². The second-order valence-corrected chi connectivity index (χ2v) is 8.89. The fraction of sp³-hybridized carbons (Fsp3) is 0.652. The van der Waals surface area contributed by atoms with Crippen LogP contribution in [0.15, 0.2) is 30.3 Å². The number of ether oxygens (including phenoxy) is 1. The maximum Gasteiger partial charge on any atom is 0.248 e. The van der Waals surface area contributed by atoms with Crippen molar-refractivity contribution in [3.63, 3.8) is 0 Å². The van der Waals surface area contributed by atoms with E-state index in [1.54, 1.807) is 0 Å². The molecule has 6 heteroatoms. The Morgan fingerprint density at radius 2 is 1.76 bits per heavy atom. The lowest BCUT2D eigenvalue weighted by molar-refractivity contribution is -0.150. The van der Waals surface area contributed by atoms with Gasteiger partial charge in [-0.1, -0.05) is 30.3 Å². The Hall–Kier alpha value is -1.92. The van der Waals surface area contributed by atoms with Crippen LogP contribution in [0.4, 0.5) is 0 Å². The predicted octanol–water partition coefficient (Wildman–Crippen LogP) is 1.69. The molecule has 4 rings (SSSR count). The predicted molar refractivity (Wildman–Crippen MR) is 111 cm³/mol. The third kappa shape index (κ3) is 6.28. The minimum absolute atomic E-state index is 0.00807. The van der Waals surface area contributed by atoms with Crippen LogP contribution in [0.2, 0.25) is 0 Å². The summed E-state index contributed by atoms with van der Waals surface area (Å²) in [5.74, 6) is 1.61. The van der Waals surface area contributed by atoms with Crippen LogP contribution in [0.5, 0.6) is 0 Å². The van der Waals surface area contributed by atoms with Crippen LogP contribution in [-0.4, -0.2) is 73.6 Å². The molecule has 6 nitrogen and oxygen atoms in total. The van der Waals surface area contributed by atoms with Gasteiger partial charge in [0, 0.05) is 26.2 Å². The quantitative estimate of drug-likeness (QED) is 0.723. The van der Waals surface area contributed by atoms with Crippen molar-refractivity contribution >= 4 is 11.8 Å². The van der Waals surface area contributed by atoms with Gasteiger partial charge in [0.15, 0.2) is 0 Å². The zero-order chi connectivity index (χ0) is 20.1. The first-order valence-electron chi connectivity index (χ1n) is 11.1. The molecule has 1 saturated carbocycles. The van der Waals surface area contributed by atoms with Crippen LogP contribution in [0.3, 0.4) is 0 Å². The molecule has 1 aromatic carbocycles. The van der Waals surface area contributed by atoms with E-state index in [4.69, 9.17) is 4.74 Å². The summed E-state index contributed by atoms with van der Waals surface area (Å²) in [5, 5.41) is 2.96. The Morgan fingerprint density at radius 1 is 1.03 bits per heavy atom. The third-order valence-corrected chi connectivity index (χ3v) is 6.35. The highest BCUT2D eigenvalue weighted by Gasteiger charge is 2.31. The standard InChI is InChI=1S/C23H33N3O3/c27-22(12-18-4-2-1-3-5-18)24-13-21-16-26(23(28)17-29-21)15-20-8-10-25(11-9-20)14-19-6-7-19/h1-5,19-21H,6-17H2,(H,24,27)/t21-/m0/s1. The molecule has 0 unspecified atom stereocenters. The molecule has 2 saturated heterocycles.